The normalized spacial score (nSPS) is 12.7. The van der Waals surface area contributed by atoms with Crippen molar-refractivity contribution in [1.82, 2.24) is 0 Å². The fraction of sp³-hybridized carbons (Fsp3) is 0.0476. The average Bonchev–Trinajstić information content (AvgIpc) is 3.59. The van der Waals surface area contributed by atoms with Gasteiger partial charge >= 0.3 is 0 Å². The van der Waals surface area contributed by atoms with Gasteiger partial charge in [-0.05, 0) is 130 Å². The Morgan fingerprint density at radius 1 is 0.281 bits per heavy atom. The van der Waals surface area contributed by atoms with Gasteiger partial charge in [-0.2, -0.15) is 0 Å². The Morgan fingerprint density at radius 2 is 0.750 bits per heavy atom. The maximum absolute atomic E-state index is 2.44. The van der Waals surface area contributed by atoms with E-state index in [0.29, 0.717) is 0 Å². The molecule has 1 heteroatoms. The van der Waals surface area contributed by atoms with Crippen LogP contribution in [-0.4, -0.2) is 0 Å². The number of hydrogen-bond donors (Lipinski definition) is 0. The maximum atomic E-state index is 2.44. The van der Waals surface area contributed by atoms with E-state index < -0.39 is 0 Å². The molecule has 0 saturated heterocycles. The molecule has 0 spiro atoms. The van der Waals surface area contributed by atoms with E-state index in [2.05, 4.69) is 255 Å². The summed E-state index contributed by atoms with van der Waals surface area (Å²) >= 11 is 0. The van der Waals surface area contributed by atoms with Crippen LogP contribution < -0.4 is 4.90 Å². The molecule has 0 unspecified atom stereocenters. The molecule has 1 aliphatic rings. The van der Waals surface area contributed by atoms with Crippen molar-refractivity contribution in [2.24, 2.45) is 0 Å². The minimum atomic E-state index is -0.0940. The predicted octanol–water partition coefficient (Wildman–Crippen LogP) is 17.6. The van der Waals surface area contributed by atoms with Gasteiger partial charge in [0.15, 0.2) is 0 Å². The molecule has 11 aromatic carbocycles. The lowest BCUT2D eigenvalue weighted by atomic mass is 9.81. The van der Waals surface area contributed by atoms with E-state index in [1.54, 1.807) is 0 Å². The highest BCUT2D eigenvalue weighted by Crippen LogP contribution is 2.51. The molecule has 0 fully saturated rings. The Morgan fingerprint density at radius 3 is 1.48 bits per heavy atom. The second-order valence-electron chi connectivity index (χ2n) is 17.7. The molecular weight excluding hydrogens is 771 g/mol. The molecular formula is C63H45N. The SMILES string of the molecule is CC1(C)c2ccccc2-c2ccc(-c3ccccc3N(c3ccc(-c4ccc(-c5cccc6ccccc56)cc4)cc3)c3ccc(-c4cccc5c4ccc4ccccc45)cc3)cc21. The molecule has 0 aromatic heterocycles. The van der Waals surface area contributed by atoms with Crippen LogP contribution in [0.2, 0.25) is 0 Å². The quantitative estimate of drug-likeness (QED) is 0.145. The van der Waals surface area contributed by atoms with E-state index in [1.165, 1.54) is 99.1 Å². The summed E-state index contributed by atoms with van der Waals surface area (Å²) in [6.07, 6.45) is 0. The van der Waals surface area contributed by atoms with Crippen LogP contribution in [0.4, 0.5) is 17.1 Å². The number of para-hydroxylation sites is 1. The summed E-state index contributed by atoms with van der Waals surface area (Å²) in [6, 6.07) is 87.1. The predicted molar refractivity (Wildman–Crippen MR) is 273 cm³/mol. The third kappa shape index (κ3) is 6.23. The molecule has 0 radical (unpaired) electrons. The Kier molecular flexibility index (Phi) is 8.91. The molecule has 64 heavy (non-hydrogen) atoms. The lowest BCUT2D eigenvalue weighted by molar-refractivity contribution is 0.660. The minimum absolute atomic E-state index is 0.0940. The molecule has 11 aromatic rings. The van der Waals surface area contributed by atoms with E-state index in [1.807, 2.05) is 0 Å². The van der Waals surface area contributed by atoms with E-state index >= 15 is 0 Å². The molecule has 0 bridgehead atoms. The maximum Gasteiger partial charge on any atom is 0.0540 e. The first-order valence-electron chi connectivity index (χ1n) is 22.3. The summed E-state index contributed by atoms with van der Waals surface area (Å²) in [5, 5.41) is 7.61. The first-order chi connectivity index (χ1) is 31.5. The minimum Gasteiger partial charge on any atom is -0.310 e. The van der Waals surface area contributed by atoms with Gasteiger partial charge in [-0.3, -0.25) is 0 Å². The van der Waals surface area contributed by atoms with Gasteiger partial charge < -0.3 is 4.90 Å². The summed E-state index contributed by atoms with van der Waals surface area (Å²) in [5.41, 5.74) is 18.3. The summed E-state index contributed by atoms with van der Waals surface area (Å²) in [6.45, 7) is 4.72. The molecule has 1 nitrogen and oxygen atoms in total. The van der Waals surface area contributed by atoms with Crippen LogP contribution >= 0.6 is 0 Å². The first-order valence-corrected chi connectivity index (χ1v) is 22.3. The van der Waals surface area contributed by atoms with Gasteiger partial charge in [-0.25, -0.2) is 0 Å². The second kappa shape index (κ2) is 15.1. The Balaban J connectivity index is 0.951. The van der Waals surface area contributed by atoms with Crippen molar-refractivity contribution < 1.29 is 0 Å². The van der Waals surface area contributed by atoms with Crippen molar-refractivity contribution in [1.29, 1.82) is 0 Å². The number of fused-ring (bicyclic) bond motifs is 7. The highest BCUT2D eigenvalue weighted by Gasteiger charge is 2.35. The van der Waals surface area contributed by atoms with E-state index in [-0.39, 0.29) is 5.41 Å². The first kappa shape index (κ1) is 37.7. The van der Waals surface area contributed by atoms with Gasteiger partial charge in [0.25, 0.3) is 0 Å². The van der Waals surface area contributed by atoms with Crippen molar-refractivity contribution in [3.05, 3.63) is 248 Å². The zero-order chi connectivity index (χ0) is 42.8. The molecule has 0 atom stereocenters. The number of rotatable bonds is 7. The zero-order valence-corrected chi connectivity index (χ0v) is 36.0. The molecule has 0 heterocycles. The molecule has 12 rings (SSSR count). The van der Waals surface area contributed by atoms with Crippen LogP contribution in [-0.2, 0) is 5.41 Å². The van der Waals surface area contributed by atoms with Crippen molar-refractivity contribution in [2.45, 2.75) is 19.3 Å². The summed E-state index contributed by atoms with van der Waals surface area (Å²) < 4.78 is 0. The standard InChI is InChI=1S/C63H45N/c1-63(2)60-23-9-7-19-58(60)59-40-34-48(41-61(59)63)55-18-8-10-24-62(55)64(50-37-31-47(32-38-50)54-21-12-22-56-53-17-6-4-14-45(53)33-39-57(54)56)49-35-29-43(30-36-49)42-25-27-46(28-26-42)52-20-11-15-44-13-3-5-16-51(44)52/h3-41H,1-2H3. The lowest BCUT2D eigenvalue weighted by Crippen LogP contribution is -2.15. The van der Waals surface area contributed by atoms with Crippen LogP contribution in [0.15, 0.2) is 237 Å². The highest BCUT2D eigenvalue weighted by atomic mass is 15.1. The van der Waals surface area contributed by atoms with Gasteiger partial charge in [0.05, 0.1) is 5.69 Å². The largest absolute Gasteiger partial charge is 0.310 e. The monoisotopic (exact) mass is 815 g/mol. The van der Waals surface area contributed by atoms with Crippen LogP contribution in [0.5, 0.6) is 0 Å². The lowest BCUT2D eigenvalue weighted by Gasteiger charge is -2.29. The van der Waals surface area contributed by atoms with E-state index in [9.17, 15) is 0 Å². The van der Waals surface area contributed by atoms with E-state index in [0.717, 1.165) is 17.1 Å². The number of anilines is 3. The van der Waals surface area contributed by atoms with Crippen molar-refractivity contribution in [3.8, 4) is 55.6 Å². The van der Waals surface area contributed by atoms with Gasteiger partial charge in [0, 0.05) is 22.4 Å². The summed E-state index contributed by atoms with van der Waals surface area (Å²) in [7, 11) is 0. The zero-order valence-electron chi connectivity index (χ0n) is 36.0. The molecule has 0 amide bonds. The molecule has 0 N–H and O–H groups in total. The summed E-state index contributed by atoms with van der Waals surface area (Å²) in [5.74, 6) is 0. The Hall–Kier alpha value is -8.00. The Labute approximate surface area is 375 Å². The van der Waals surface area contributed by atoms with Crippen LogP contribution in [0.3, 0.4) is 0 Å². The number of benzene rings is 11. The molecule has 1 aliphatic carbocycles. The van der Waals surface area contributed by atoms with Crippen molar-refractivity contribution in [2.75, 3.05) is 4.90 Å². The molecule has 0 aliphatic heterocycles. The van der Waals surface area contributed by atoms with Gasteiger partial charge in [-0.1, -0.05) is 214 Å². The Bertz CT molecular complexity index is 3550. The van der Waals surface area contributed by atoms with Gasteiger partial charge in [-0.15, -0.1) is 0 Å². The van der Waals surface area contributed by atoms with Crippen LogP contribution in [0, 0.1) is 0 Å². The van der Waals surface area contributed by atoms with Crippen molar-refractivity contribution >= 4 is 49.4 Å². The molecule has 302 valence electrons. The van der Waals surface area contributed by atoms with Crippen LogP contribution in [0.1, 0.15) is 25.0 Å². The number of nitrogens with zero attached hydrogens (tertiary/aromatic N) is 1. The summed E-state index contributed by atoms with van der Waals surface area (Å²) in [4.78, 5) is 2.43. The van der Waals surface area contributed by atoms with E-state index in [4.69, 9.17) is 0 Å². The third-order valence-electron chi connectivity index (χ3n) is 13.7. The third-order valence-corrected chi connectivity index (χ3v) is 13.7. The van der Waals surface area contributed by atoms with Crippen LogP contribution in [0.25, 0.3) is 88.0 Å². The fourth-order valence-electron chi connectivity index (χ4n) is 10.4. The topological polar surface area (TPSA) is 3.24 Å². The van der Waals surface area contributed by atoms with Gasteiger partial charge in [0.2, 0.25) is 0 Å². The highest BCUT2D eigenvalue weighted by molar-refractivity contribution is 6.12. The molecule has 0 saturated carbocycles. The number of hydrogen-bond acceptors (Lipinski definition) is 1. The fourth-order valence-corrected chi connectivity index (χ4v) is 10.4. The second-order valence-corrected chi connectivity index (χ2v) is 17.7. The van der Waals surface area contributed by atoms with Gasteiger partial charge in [0.1, 0.15) is 0 Å². The smallest absolute Gasteiger partial charge is 0.0540 e. The average molecular weight is 816 g/mol. The van der Waals surface area contributed by atoms with Crippen molar-refractivity contribution in [3.63, 3.8) is 0 Å².